The monoisotopic (exact) mass is 278 g/mol. The van der Waals surface area contributed by atoms with Gasteiger partial charge < -0.3 is 10.5 Å². The Kier molecular flexibility index (Phi) is 4.63. The Hall–Kier alpha value is -2.01. The molecule has 2 rings (SSSR count). The Morgan fingerprint density at radius 1 is 1.10 bits per heavy atom. The Morgan fingerprint density at radius 2 is 1.80 bits per heavy atom. The molecule has 20 heavy (non-hydrogen) atoms. The van der Waals surface area contributed by atoms with Crippen LogP contribution < -0.4 is 10.5 Å². The lowest BCUT2D eigenvalue weighted by Gasteiger charge is -2.21. The Balaban J connectivity index is 2.18. The molecule has 0 radical (unpaired) electrons. The molecule has 106 valence electrons. The van der Waals surface area contributed by atoms with Crippen LogP contribution in [0.15, 0.2) is 48.8 Å². The third-order valence-corrected chi connectivity index (χ3v) is 3.24. The van der Waals surface area contributed by atoms with Gasteiger partial charge in [0.15, 0.2) is 0 Å². The number of pyridine rings is 1. The van der Waals surface area contributed by atoms with Crippen molar-refractivity contribution in [2.45, 2.75) is 25.5 Å². The molecule has 0 saturated heterocycles. The molecule has 0 bridgehead atoms. The molecule has 0 saturated carbocycles. The van der Waals surface area contributed by atoms with E-state index >= 15 is 0 Å². The van der Waals surface area contributed by atoms with Gasteiger partial charge in [-0.3, -0.25) is 4.98 Å². The maximum absolute atomic E-state index is 12.2. The summed E-state index contributed by atoms with van der Waals surface area (Å²) in [6.07, 6.45) is 3.41. The van der Waals surface area contributed by atoms with Crippen LogP contribution >= 0.6 is 0 Å². The maximum atomic E-state index is 12.2. The summed E-state index contributed by atoms with van der Waals surface area (Å²) in [5.74, 6) is 0.162. The fourth-order valence-corrected chi connectivity index (χ4v) is 2.06. The van der Waals surface area contributed by atoms with Crippen LogP contribution in [0.5, 0.6) is 5.75 Å². The first-order valence-electron chi connectivity index (χ1n) is 6.28. The predicted octanol–water partition coefficient (Wildman–Crippen LogP) is 3.49. The molecule has 0 aliphatic rings. The van der Waals surface area contributed by atoms with Crippen LogP contribution in [-0.2, 0) is 0 Å². The number of hydrogen-bond acceptors (Lipinski definition) is 3. The number of alkyl halides is 2. The van der Waals surface area contributed by atoms with Gasteiger partial charge >= 0.3 is 6.61 Å². The van der Waals surface area contributed by atoms with Crippen LogP contribution in [0.1, 0.15) is 30.0 Å². The summed E-state index contributed by atoms with van der Waals surface area (Å²) in [7, 11) is 0. The van der Waals surface area contributed by atoms with E-state index in [0.717, 1.165) is 11.1 Å². The Labute approximate surface area is 116 Å². The SMILES string of the molecule is CC(c1ccncc1)C(N)c1cccc(OC(F)F)c1. The lowest BCUT2D eigenvalue weighted by Crippen LogP contribution is -2.18. The maximum Gasteiger partial charge on any atom is 0.387 e. The Morgan fingerprint density at radius 3 is 2.45 bits per heavy atom. The number of nitrogens with two attached hydrogens (primary N) is 1. The van der Waals surface area contributed by atoms with Crippen LogP contribution in [0, 0.1) is 0 Å². The third-order valence-electron chi connectivity index (χ3n) is 3.24. The zero-order valence-electron chi connectivity index (χ0n) is 11.0. The van der Waals surface area contributed by atoms with E-state index < -0.39 is 6.61 Å². The van der Waals surface area contributed by atoms with E-state index in [1.807, 2.05) is 19.1 Å². The summed E-state index contributed by atoms with van der Waals surface area (Å²) < 4.78 is 28.8. The highest BCUT2D eigenvalue weighted by molar-refractivity contribution is 5.33. The van der Waals surface area contributed by atoms with Crippen molar-refractivity contribution in [3.63, 3.8) is 0 Å². The normalized spacial score (nSPS) is 14.1. The molecule has 0 spiro atoms. The summed E-state index contributed by atoms with van der Waals surface area (Å²) in [6, 6.07) is 9.98. The molecular formula is C15H16F2N2O. The zero-order chi connectivity index (χ0) is 14.5. The molecule has 0 aliphatic heterocycles. The van der Waals surface area contributed by atoms with Gasteiger partial charge in [-0.25, -0.2) is 0 Å². The highest BCUT2D eigenvalue weighted by atomic mass is 19.3. The van der Waals surface area contributed by atoms with Crippen LogP contribution in [0.3, 0.4) is 0 Å². The van der Waals surface area contributed by atoms with Crippen molar-refractivity contribution in [2.75, 3.05) is 0 Å². The van der Waals surface area contributed by atoms with Gasteiger partial charge in [-0.2, -0.15) is 8.78 Å². The highest BCUT2D eigenvalue weighted by Crippen LogP contribution is 2.30. The summed E-state index contributed by atoms with van der Waals surface area (Å²) in [4.78, 5) is 3.96. The number of hydrogen-bond donors (Lipinski definition) is 1. The molecule has 3 nitrogen and oxygen atoms in total. The molecule has 0 amide bonds. The van der Waals surface area contributed by atoms with E-state index in [4.69, 9.17) is 5.73 Å². The van der Waals surface area contributed by atoms with Crippen molar-refractivity contribution in [3.05, 3.63) is 59.9 Å². The van der Waals surface area contributed by atoms with E-state index in [-0.39, 0.29) is 17.7 Å². The van der Waals surface area contributed by atoms with Crippen molar-refractivity contribution in [3.8, 4) is 5.75 Å². The smallest absolute Gasteiger partial charge is 0.387 e. The zero-order valence-corrected chi connectivity index (χ0v) is 11.0. The van der Waals surface area contributed by atoms with Crippen LogP contribution in [0.4, 0.5) is 8.78 Å². The molecular weight excluding hydrogens is 262 g/mol. The second-order valence-corrected chi connectivity index (χ2v) is 4.55. The summed E-state index contributed by atoms with van der Waals surface area (Å²) in [5.41, 5.74) is 8.01. The van der Waals surface area contributed by atoms with Crippen molar-refractivity contribution in [1.29, 1.82) is 0 Å². The molecule has 2 unspecified atom stereocenters. The minimum Gasteiger partial charge on any atom is -0.435 e. The fourth-order valence-electron chi connectivity index (χ4n) is 2.06. The molecule has 5 heteroatoms. The highest BCUT2D eigenvalue weighted by Gasteiger charge is 2.17. The number of rotatable bonds is 5. The predicted molar refractivity (Wildman–Crippen MR) is 72.7 cm³/mol. The summed E-state index contributed by atoms with van der Waals surface area (Å²) in [5, 5.41) is 0. The van der Waals surface area contributed by atoms with E-state index in [1.54, 1.807) is 30.6 Å². The fraction of sp³-hybridized carbons (Fsp3) is 0.267. The van der Waals surface area contributed by atoms with E-state index in [9.17, 15) is 8.78 Å². The second kappa shape index (κ2) is 6.43. The van der Waals surface area contributed by atoms with E-state index in [2.05, 4.69) is 9.72 Å². The molecule has 1 heterocycles. The quantitative estimate of drug-likeness (QED) is 0.910. The minimum absolute atomic E-state index is 0.0415. The lowest BCUT2D eigenvalue weighted by atomic mass is 9.90. The van der Waals surface area contributed by atoms with Crippen LogP contribution in [-0.4, -0.2) is 11.6 Å². The number of nitrogens with zero attached hydrogens (tertiary/aromatic N) is 1. The molecule has 2 atom stereocenters. The number of halogens is 2. The largest absolute Gasteiger partial charge is 0.435 e. The van der Waals surface area contributed by atoms with Gasteiger partial charge in [0, 0.05) is 24.4 Å². The van der Waals surface area contributed by atoms with Gasteiger partial charge in [0.2, 0.25) is 0 Å². The molecule has 0 fully saturated rings. The second-order valence-electron chi connectivity index (χ2n) is 4.55. The molecule has 2 N–H and O–H groups in total. The van der Waals surface area contributed by atoms with Gasteiger partial charge in [0.1, 0.15) is 5.75 Å². The van der Waals surface area contributed by atoms with Crippen LogP contribution in [0.25, 0.3) is 0 Å². The first-order chi connectivity index (χ1) is 9.58. The third kappa shape index (κ3) is 3.51. The van der Waals surface area contributed by atoms with Crippen molar-refractivity contribution >= 4 is 0 Å². The minimum atomic E-state index is -2.83. The molecule has 0 aliphatic carbocycles. The van der Waals surface area contributed by atoms with Gasteiger partial charge in [0.25, 0.3) is 0 Å². The van der Waals surface area contributed by atoms with Gasteiger partial charge in [-0.15, -0.1) is 0 Å². The molecule has 1 aromatic heterocycles. The molecule has 2 aromatic rings. The number of aromatic nitrogens is 1. The van der Waals surface area contributed by atoms with Gasteiger partial charge in [-0.05, 0) is 35.4 Å². The first-order valence-corrected chi connectivity index (χ1v) is 6.28. The van der Waals surface area contributed by atoms with Gasteiger partial charge in [0.05, 0.1) is 0 Å². The van der Waals surface area contributed by atoms with E-state index in [1.165, 1.54) is 6.07 Å². The van der Waals surface area contributed by atoms with Crippen LogP contribution in [0.2, 0.25) is 0 Å². The lowest BCUT2D eigenvalue weighted by molar-refractivity contribution is -0.0499. The van der Waals surface area contributed by atoms with Crippen molar-refractivity contribution < 1.29 is 13.5 Å². The topological polar surface area (TPSA) is 48.1 Å². The van der Waals surface area contributed by atoms with Gasteiger partial charge in [-0.1, -0.05) is 19.1 Å². The van der Waals surface area contributed by atoms with Crippen molar-refractivity contribution in [1.82, 2.24) is 4.98 Å². The Bertz CT molecular complexity index is 549. The van der Waals surface area contributed by atoms with E-state index in [0.29, 0.717) is 0 Å². The van der Waals surface area contributed by atoms with Crippen molar-refractivity contribution in [2.24, 2.45) is 5.73 Å². The number of benzene rings is 1. The summed E-state index contributed by atoms with van der Waals surface area (Å²) in [6.45, 7) is -0.847. The first kappa shape index (κ1) is 14.4. The average molecular weight is 278 g/mol. The summed E-state index contributed by atoms with van der Waals surface area (Å²) >= 11 is 0. The standard InChI is InChI=1S/C15H16F2N2O/c1-10(11-5-7-19-8-6-11)14(18)12-3-2-4-13(9-12)20-15(16)17/h2-10,14-15H,18H2,1H3. The average Bonchev–Trinajstić information content (AvgIpc) is 2.46. The molecule has 1 aromatic carbocycles. The number of ether oxygens (including phenoxy) is 1.